The van der Waals surface area contributed by atoms with E-state index in [4.69, 9.17) is 0 Å². The van der Waals surface area contributed by atoms with E-state index in [1.807, 2.05) is 7.05 Å². The number of rotatable bonds is 7. The van der Waals surface area contributed by atoms with Crippen LogP contribution in [0.15, 0.2) is 24.3 Å². The summed E-state index contributed by atoms with van der Waals surface area (Å²) in [4.78, 5) is 2.44. The maximum atomic E-state index is 3.26. The number of benzene rings is 1. The van der Waals surface area contributed by atoms with Crippen molar-refractivity contribution in [2.45, 2.75) is 39.7 Å². The van der Waals surface area contributed by atoms with Gasteiger partial charge in [-0.05, 0) is 45.0 Å². The highest BCUT2D eigenvalue weighted by atomic mass is 15.1. The Hall–Kier alpha value is -1.02. The minimum Gasteiger partial charge on any atom is -0.372 e. The molecule has 1 N–H and O–H groups in total. The number of unbranched alkanes of at least 4 members (excludes halogenated alkanes) is 1. The lowest BCUT2D eigenvalue weighted by atomic mass is 10.1. The summed E-state index contributed by atoms with van der Waals surface area (Å²) in [7, 11) is 2.00. The van der Waals surface area contributed by atoms with Gasteiger partial charge in [0.15, 0.2) is 0 Å². The van der Waals surface area contributed by atoms with Gasteiger partial charge in [0.25, 0.3) is 0 Å². The maximum absolute atomic E-state index is 3.26. The number of nitrogens with zero attached hydrogens (tertiary/aromatic N) is 1. The Bertz CT molecular complexity index is 305. The molecule has 96 valence electrons. The largest absolute Gasteiger partial charge is 0.372 e. The van der Waals surface area contributed by atoms with Gasteiger partial charge in [-0.3, -0.25) is 0 Å². The molecular weight excluding hydrogens is 208 g/mol. The van der Waals surface area contributed by atoms with Crippen molar-refractivity contribution in [1.29, 1.82) is 0 Å². The second kappa shape index (κ2) is 7.33. The topological polar surface area (TPSA) is 15.3 Å². The van der Waals surface area contributed by atoms with Gasteiger partial charge in [0.05, 0.1) is 0 Å². The highest BCUT2D eigenvalue weighted by Gasteiger charge is 2.05. The van der Waals surface area contributed by atoms with E-state index < -0.39 is 0 Å². The summed E-state index contributed by atoms with van der Waals surface area (Å²) in [5.41, 5.74) is 2.69. The molecule has 0 spiro atoms. The van der Waals surface area contributed by atoms with Crippen molar-refractivity contribution >= 4 is 5.69 Å². The minimum atomic E-state index is 0.426. The number of hydrogen-bond acceptors (Lipinski definition) is 2. The van der Waals surface area contributed by atoms with Gasteiger partial charge in [0, 0.05) is 24.8 Å². The van der Waals surface area contributed by atoms with Gasteiger partial charge in [0.2, 0.25) is 0 Å². The van der Waals surface area contributed by atoms with E-state index >= 15 is 0 Å². The van der Waals surface area contributed by atoms with Crippen LogP contribution >= 0.6 is 0 Å². The number of hydrogen-bond donors (Lipinski definition) is 1. The molecule has 1 unspecified atom stereocenters. The molecule has 2 heteroatoms. The molecule has 0 aliphatic carbocycles. The lowest BCUT2D eigenvalue weighted by Gasteiger charge is -2.23. The zero-order valence-corrected chi connectivity index (χ0v) is 11.7. The third kappa shape index (κ3) is 4.04. The van der Waals surface area contributed by atoms with Crippen LogP contribution < -0.4 is 10.2 Å². The zero-order chi connectivity index (χ0) is 12.7. The summed E-state index contributed by atoms with van der Waals surface area (Å²) in [5, 5.41) is 3.26. The van der Waals surface area contributed by atoms with Crippen molar-refractivity contribution in [3.05, 3.63) is 29.8 Å². The first-order valence-corrected chi connectivity index (χ1v) is 6.75. The molecule has 0 heterocycles. The third-order valence-electron chi connectivity index (χ3n) is 3.35. The molecule has 0 saturated carbocycles. The molecule has 0 saturated heterocycles. The van der Waals surface area contributed by atoms with Crippen LogP contribution in [-0.2, 0) is 0 Å². The normalized spacial score (nSPS) is 12.5. The van der Waals surface area contributed by atoms with Crippen molar-refractivity contribution in [3.63, 3.8) is 0 Å². The molecule has 1 aromatic carbocycles. The lowest BCUT2D eigenvalue weighted by Crippen LogP contribution is -2.23. The minimum absolute atomic E-state index is 0.426. The molecule has 0 amide bonds. The van der Waals surface area contributed by atoms with Gasteiger partial charge < -0.3 is 10.2 Å². The van der Waals surface area contributed by atoms with E-state index in [0.29, 0.717) is 6.04 Å². The molecule has 17 heavy (non-hydrogen) atoms. The molecule has 0 aliphatic heterocycles. The average Bonchev–Trinajstić information content (AvgIpc) is 2.39. The summed E-state index contributed by atoms with van der Waals surface area (Å²) >= 11 is 0. The Balaban J connectivity index is 2.70. The summed E-state index contributed by atoms with van der Waals surface area (Å²) in [5.74, 6) is 0. The Labute approximate surface area is 106 Å². The standard InChI is InChI=1S/C15H26N2/c1-5-7-12-17(6-2)15-10-8-14(9-11-15)13(3)16-4/h8-11,13,16H,5-7,12H2,1-4H3. The third-order valence-corrected chi connectivity index (χ3v) is 3.35. The SMILES string of the molecule is CCCCN(CC)c1ccc(C(C)NC)cc1. The molecule has 1 atom stereocenters. The van der Waals surface area contributed by atoms with Crippen LogP contribution in [0.1, 0.15) is 45.2 Å². The van der Waals surface area contributed by atoms with Crippen LogP contribution in [0, 0.1) is 0 Å². The van der Waals surface area contributed by atoms with Crippen molar-refractivity contribution in [2.75, 3.05) is 25.0 Å². The Morgan fingerprint density at radius 1 is 1.18 bits per heavy atom. The van der Waals surface area contributed by atoms with Crippen LogP contribution in [0.2, 0.25) is 0 Å². The molecular formula is C15H26N2. The van der Waals surface area contributed by atoms with Gasteiger partial charge >= 0.3 is 0 Å². The highest BCUT2D eigenvalue weighted by Crippen LogP contribution is 2.19. The van der Waals surface area contributed by atoms with Crippen molar-refractivity contribution in [2.24, 2.45) is 0 Å². The fourth-order valence-corrected chi connectivity index (χ4v) is 1.96. The van der Waals surface area contributed by atoms with E-state index in [-0.39, 0.29) is 0 Å². The number of nitrogens with one attached hydrogen (secondary N) is 1. The van der Waals surface area contributed by atoms with E-state index in [1.54, 1.807) is 0 Å². The molecule has 0 radical (unpaired) electrons. The second-order valence-electron chi connectivity index (χ2n) is 4.54. The van der Waals surface area contributed by atoms with E-state index in [9.17, 15) is 0 Å². The molecule has 0 fully saturated rings. The van der Waals surface area contributed by atoms with Crippen LogP contribution in [-0.4, -0.2) is 20.1 Å². The van der Waals surface area contributed by atoms with Gasteiger partial charge in [-0.2, -0.15) is 0 Å². The lowest BCUT2D eigenvalue weighted by molar-refractivity contribution is 0.652. The van der Waals surface area contributed by atoms with Crippen molar-refractivity contribution < 1.29 is 0 Å². The second-order valence-corrected chi connectivity index (χ2v) is 4.54. The average molecular weight is 234 g/mol. The summed E-state index contributed by atoms with van der Waals surface area (Å²) in [6.45, 7) is 8.89. The summed E-state index contributed by atoms with van der Waals surface area (Å²) in [6.07, 6.45) is 2.52. The van der Waals surface area contributed by atoms with E-state index in [0.717, 1.165) is 13.1 Å². The Kier molecular flexibility index (Phi) is 6.06. The first-order chi connectivity index (χ1) is 8.22. The van der Waals surface area contributed by atoms with Crippen molar-refractivity contribution in [3.8, 4) is 0 Å². The predicted molar refractivity (Wildman–Crippen MR) is 76.7 cm³/mol. The fraction of sp³-hybridized carbons (Fsp3) is 0.600. The number of anilines is 1. The quantitative estimate of drug-likeness (QED) is 0.775. The Morgan fingerprint density at radius 3 is 2.29 bits per heavy atom. The van der Waals surface area contributed by atoms with E-state index in [1.165, 1.54) is 24.1 Å². The van der Waals surface area contributed by atoms with Gasteiger partial charge in [0.1, 0.15) is 0 Å². The van der Waals surface area contributed by atoms with E-state index in [2.05, 4.69) is 55.3 Å². The monoisotopic (exact) mass is 234 g/mol. The maximum Gasteiger partial charge on any atom is 0.0366 e. The Morgan fingerprint density at radius 2 is 1.82 bits per heavy atom. The van der Waals surface area contributed by atoms with Crippen LogP contribution in [0.4, 0.5) is 5.69 Å². The highest BCUT2D eigenvalue weighted by molar-refractivity contribution is 5.47. The fourth-order valence-electron chi connectivity index (χ4n) is 1.96. The van der Waals surface area contributed by atoms with Gasteiger partial charge in [-0.15, -0.1) is 0 Å². The molecule has 1 rings (SSSR count). The zero-order valence-electron chi connectivity index (χ0n) is 11.7. The van der Waals surface area contributed by atoms with Gasteiger partial charge in [-0.25, -0.2) is 0 Å². The van der Waals surface area contributed by atoms with Crippen LogP contribution in [0.3, 0.4) is 0 Å². The summed E-state index contributed by atoms with van der Waals surface area (Å²) in [6, 6.07) is 9.36. The molecule has 0 aromatic heterocycles. The van der Waals surface area contributed by atoms with Crippen molar-refractivity contribution in [1.82, 2.24) is 5.32 Å². The first-order valence-electron chi connectivity index (χ1n) is 6.75. The predicted octanol–water partition coefficient (Wildman–Crippen LogP) is 3.59. The van der Waals surface area contributed by atoms with Crippen LogP contribution in [0.25, 0.3) is 0 Å². The molecule has 0 bridgehead atoms. The molecule has 0 aliphatic rings. The first kappa shape index (κ1) is 14.0. The molecule has 2 nitrogen and oxygen atoms in total. The molecule has 1 aromatic rings. The smallest absolute Gasteiger partial charge is 0.0366 e. The van der Waals surface area contributed by atoms with Gasteiger partial charge in [-0.1, -0.05) is 25.5 Å². The summed E-state index contributed by atoms with van der Waals surface area (Å²) < 4.78 is 0. The van der Waals surface area contributed by atoms with Crippen LogP contribution in [0.5, 0.6) is 0 Å².